The predicted molar refractivity (Wildman–Crippen MR) is 129 cm³/mol. The van der Waals surface area contributed by atoms with E-state index in [9.17, 15) is 0 Å². The minimum absolute atomic E-state index is 0.714. The van der Waals surface area contributed by atoms with E-state index in [4.69, 9.17) is 9.97 Å². The molecule has 7 heteroatoms. The van der Waals surface area contributed by atoms with Gasteiger partial charge in [-0.15, -0.1) is 0 Å². The fourth-order valence-electron chi connectivity index (χ4n) is 4.13. The lowest BCUT2D eigenvalue weighted by Gasteiger charge is -2.34. The number of nitrogens with zero attached hydrogens (tertiary/aromatic N) is 6. The van der Waals surface area contributed by atoms with Crippen molar-refractivity contribution in [3.05, 3.63) is 77.5 Å². The first-order valence-electron chi connectivity index (χ1n) is 11.2. The molecule has 2 aromatic carbocycles. The van der Waals surface area contributed by atoms with E-state index in [1.165, 1.54) is 16.7 Å². The minimum Gasteiger partial charge on any atom is -0.365 e. The lowest BCUT2D eigenvalue weighted by atomic mass is 10.1. The fourth-order valence-corrected chi connectivity index (χ4v) is 4.13. The summed E-state index contributed by atoms with van der Waals surface area (Å²) >= 11 is 0. The molecule has 7 nitrogen and oxygen atoms in total. The van der Waals surface area contributed by atoms with Gasteiger partial charge in [-0.1, -0.05) is 60.2 Å². The van der Waals surface area contributed by atoms with Crippen LogP contribution in [0.15, 0.2) is 60.8 Å². The van der Waals surface area contributed by atoms with E-state index in [0.717, 1.165) is 55.5 Å². The number of hydrogen-bond donors (Lipinski definition) is 1. The number of fused-ring (bicyclic) bond motifs is 1. The number of anilines is 2. The van der Waals surface area contributed by atoms with Crippen LogP contribution in [-0.2, 0) is 20.1 Å². The van der Waals surface area contributed by atoms with Crippen molar-refractivity contribution in [2.75, 3.05) is 36.4 Å². The number of nitrogens with one attached hydrogen (secondary N) is 1. The molecule has 0 unspecified atom stereocenters. The maximum absolute atomic E-state index is 4.91. The van der Waals surface area contributed by atoms with Gasteiger partial charge >= 0.3 is 0 Å². The van der Waals surface area contributed by atoms with Crippen molar-refractivity contribution >= 4 is 22.8 Å². The van der Waals surface area contributed by atoms with Crippen molar-refractivity contribution in [2.24, 2.45) is 7.05 Å². The van der Waals surface area contributed by atoms with Gasteiger partial charge in [-0.25, -0.2) is 0 Å². The van der Waals surface area contributed by atoms with Crippen molar-refractivity contribution in [2.45, 2.75) is 20.0 Å². The Labute approximate surface area is 188 Å². The van der Waals surface area contributed by atoms with Gasteiger partial charge in [-0.05, 0) is 18.1 Å². The predicted octanol–water partition coefficient (Wildman–Crippen LogP) is 3.61. The summed E-state index contributed by atoms with van der Waals surface area (Å²) in [5, 5.41) is 8.88. The minimum atomic E-state index is 0.714. The maximum atomic E-state index is 4.91. The molecule has 3 heterocycles. The molecule has 164 valence electrons. The number of hydrogen-bond acceptors (Lipinski definition) is 6. The van der Waals surface area contributed by atoms with Gasteiger partial charge < -0.3 is 10.2 Å². The maximum Gasteiger partial charge on any atom is 0.229 e. The second kappa shape index (κ2) is 8.96. The van der Waals surface area contributed by atoms with Gasteiger partial charge in [0.15, 0.2) is 5.65 Å². The molecular weight excluding hydrogens is 398 g/mol. The van der Waals surface area contributed by atoms with Gasteiger partial charge in [0.05, 0.1) is 11.6 Å². The molecule has 0 bridgehead atoms. The highest BCUT2D eigenvalue weighted by Gasteiger charge is 2.21. The van der Waals surface area contributed by atoms with E-state index in [2.05, 4.69) is 81.7 Å². The Hall–Kier alpha value is -3.45. The smallest absolute Gasteiger partial charge is 0.229 e. The zero-order valence-electron chi connectivity index (χ0n) is 18.7. The topological polar surface area (TPSA) is 62.1 Å². The van der Waals surface area contributed by atoms with Crippen molar-refractivity contribution in [3.63, 3.8) is 0 Å². The van der Waals surface area contributed by atoms with E-state index in [-0.39, 0.29) is 0 Å². The monoisotopic (exact) mass is 427 g/mol. The molecule has 4 aromatic rings. The van der Waals surface area contributed by atoms with Crippen molar-refractivity contribution in [1.29, 1.82) is 0 Å². The van der Waals surface area contributed by atoms with Crippen LogP contribution in [0.25, 0.3) is 11.0 Å². The Morgan fingerprint density at radius 2 is 1.62 bits per heavy atom. The summed E-state index contributed by atoms with van der Waals surface area (Å²) in [6, 6.07) is 19.2. The van der Waals surface area contributed by atoms with Crippen molar-refractivity contribution in [3.8, 4) is 0 Å². The highest BCUT2D eigenvalue weighted by molar-refractivity contribution is 5.87. The molecule has 1 N–H and O–H groups in total. The molecular formula is C25H29N7. The summed E-state index contributed by atoms with van der Waals surface area (Å²) in [5.74, 6) is 1.61. The number of piperazine rings is 1. The number of aromatic nitrogens is 4. The standard InChI is InChI=1S/C25H29N7/c1-19-8-10-20(11-9-19)16-26-23-22-17-27-30(2)24(22)29-25(28-23)32-14-12-31(13-15-32)18-21-6-4-3-5-7-21/h3-11,17H,12-16,18H2,1-2H3,(H,26,28,29). The largest absolute Gasteiger partial charge is 0.365 e. The molecule has 0 aliphatic carbocycles. The van der Waals surface area contributed by atoms with E-state index in [1.807, 2.05) is 17.9 Å². The fraction of sp³-hybridized carbons (Fsp3) is 0.320. The first-order chi connectivity index (χ1) is 15.7. The van der Waals surface area contributed by atoms with Gasteiger partial charge in [0, 0.05) is 46.3 Å². The third kappa shape index (κ3) is 4.43. The lowest BCUT2D eigenvalue weighted by Crippen LogP contribution is -2.46. The Morgan fingerprint density at radius 1 is 0.875 bits per heavy atom. The second-order valence-electron chi connectivity index (χ2n) is 8.47. The summed E-state index contributed by atoms with van der Waals surface area (Å²) in [7, 11) is 1.93. The molecule has 0 saturated carbocycles. The molecule has 1 aliphatic heterocycles. The van der Waals surface area contributed by atoms with Crippen LogP contribution in [0.5, 0.6) is 0 Å². The molecule has 1 fully saturated rings. The molecule has 0 atom stereocenters. The molecule has 5 rings (SSSR count). The van der Waals surface area contributed by atoms with Gasteiger partial charge in [0.1, 0.15) is 5.82 Å². The van der Waals surface area contributed by atoms with Crippen LogP contribution in [0.1, 0.15) is 16.7 Å². The van der Waals surface area contributed by atoms with E-state index in [0.29, 0.717) is 6.54 Å². The van der Waals surface area contributed by atoms with Crippen LogP contribution in [0.2, 0.25) is 0 Å². The third-order valence-electron chi connectivity index (χ3n) is 6.06. The van der Waals surface area contributed by atoms with E-state index in [1.54, 1.807) is 0 Å². The van der Waals surface area contributed by atoms with Crippen molar-refractivity contribution in [1.82, 2.24) is 24.6 Å². The van der Waals surface area contributed by atoms with E-state index < -0.39 is 0 Å². The lowest BCUT2D eigenvalue weighted by molar-refractivity contribution is 0.249. The molecule has 0 spiro atoms. The average molecular weight is 428 g/mol. The van der Waals surface area contributed by atoms with Crippen LogP contribution >= 0.6 is 0 Å². The van der Waals surface area contributed by atoms with Gasteiger partial charge in [-0.2, -0.15) is 15.1 Å². The van der Waals surface area contributed by atoms with Gasteiger partial charge in [-0.3, -0.25) is 9.58 Å². The molecule has 0 amide bonds. The number of benzene rings is 2. The molecule has 2 aromatic heterocycles. The summed E-state index contributed by atoms with van der Waals surface area (Å²) in [6.45, 7) is 7.61. The number of rotatable bonds is 6. The first kappa shape index (κ1) is 20.5. The van der Waals surface area contributed by atoms with Gasteiger partial charge in [0.25, 0.3) is 0 Å². The van der Waals surface area contributed by atoms with Gasteiger partial charge in [0.2, 0.25) is 5.95 Å². The average Bonchev–Trinajstić information content (AvgIpc) is 3.20. The zero-order chi connectivity index (χ0) is 21.9. The van der Waals surface area contributed by atoms with Crippen LogP contribution in [0, 0.1) is 6.92 Å². The molecule has 1 saturated heterocycles. The van der Waals surface area contributed by atoms with Crippen LogP contribution in [-0.4, -0.2) is 50.8 Å². The molecule has 0 radical (unpaired) electrons. The SMILES string of the molecule is Cc1ccc(CNc2nc(N3CCN(Cc4ccccc4)CC3)nc3c2cnn3C)cc1. The molecule has 1 aliphatic rings. The number of aryl methyl sites for hydroxylation is 2. The van der Waals surface area contributed by atoms with E-state index >= 15 is 0 Å². The Morgan fingerprint density at radius 3 is 2.38 bits per heavy atom. The Balaban J connectivity index is 1.32. The Kier molecular flexibility index (Phi) is 5.73. The normalized spacial score (nSPS) is 14.8. The summed E-state index contributed by atoms with van der Waals surface area (Å²) in [5.41, 5.74) is 4.70. The Bertz CT molecular complexity index is 1180. The van der Waals surface area contributed by atoms with Crippen LogP contribution in [0.4, 0.5) is 11.8 Å². The highest BCUT2D eigenvalue weighted by Crippen LogP contribution is 2.24. The zero-order valence-corrected chi connectivity index (χ0v) is 18.7. The quantitative estimate of drug-likeness (QED) is 0.507. The molecule has 32 heavy (non-hydrogen) atoms. The summed E-state index contributed by atoms with van der Waals surface area (Å²) in [4.78, 5) is 14.5. The summed E-state index contributed by atoms with van der Waals surface area (Å²) < 4.78 is 1.82. The second-order valence-corrected chi connectivity index (χ2v) is 8.47. The third-order valence-corrected chi connectivity index (χ3v) is 6.06. The highest BCUT2D eigenvalue weighted by atomic mass is 15.4. The summed E-state index contributed by atoms with van der Waals surface area (Å²) in [6.07, 6.45) is 1.84. The first-order valence-corrected chi connectivity index (χ1v) is 11.2. The van der Waals surface area contributed by atoms with Crippen LogP contribution < -0.4 is 10.2 Å². The van der Waals surface area contributed by atoms with Crippen LogP contribution in [0.3, 0.4) is 0 Å². The van der Waals surface area contributed by atoms with Crippen molar-refractivity contribution < 1.29 is 0 Å².